The van der Waals surface area contributed by atoms with Crippen molar-refractivity contribution in [2.24, 2.45) is 0 Å². The topological polar surface area (TPSA) is 146 Å². The van der Waals surface area contributed by atoms with Gasteiger partial charge in [0.1, 0.15) is 11.6 Å². The van der Waals surface area contributed by atoms with Gasteiger partial charge in [-0.3, -0.25) is 9.35 Å². The van der Waals surface area contributed by atoms with Crippen molar-refractivity contribution in [3.63, 3.8) is 0 Å². The summed E-state index contributed by atoms with van der Waals surface area (Å²) in [6.07, 6.45) is 1.07. The molecule has 0 saturated carbocycles. The number of nitriles is 1. The van der Waals surface area contributed by atoms with Gasteiger partial charge in [-0.25, -0.2) is 4.79 Å². The van der Waals surface area contributed by atoms with Crippen molar-refractivity contribution in [1.29, 1.82) is 5.26 Å². The number of carbonyl (C=O) groups excluding carboxylic acids is 2. The van der Waals surface area contributed by atoms with Gasteiger partial charge >= 0.3 is 5.97 Å². The molecule has 0 aliphatic carbocycles. The van der Waals surface area contributed by atoms with Crippen molar-refractivity contribution < 1.29 is 27.3 Å². The van der Waals surface area contributed by atoms with E-state index in [0.29, 0.717) is 0 Å². The fourth-order valence-corrected chi connectivity index (χ4v) is 2.75. The molecule has 150 valence electrons. The number of hydrogen-bond donors (Lipinski definition) is 3. The monoisotopic (exact) mass is 415 g/mol. The third-order valence-corrected chi connectivity index (χ3v) is 4.40. The fraction of sp³-hybridized carbons (Fsp3) is 0.105. The Hall–Kier alpha value is -3.68. The first-order valence-corrected chi connectivity index (χ1v) is 9.72. The molecule has 3 N–H and O–H groups in total. The van der Waals surface area contributed by atoms with Crippen LogP contribution in [0.15, 0.2) is 65.2 Å². The van der Waals surface area contributed by atoms with Crippen molar-refractivity contribution >= 4 is 33.4 Å². The summed E-state index contributed by atoms with van der Waals surface area (Å²) in [6, 6.07) is 13.1. The number of ether oxygens (including phenoxy) is 1. The Morgan fingerprint density at radius 3 is 2.59 bits per heavy atom. The predicted molar refractivity (Wildman–Crippen MR) is 105 cm³/mol. The molecule has 0 saturated heterocycles. The van der Waals surface area contributed by atoms with Crippen molar-refractivity contribution in [1.82, 2.24) is 0 Å². The second-order valence-corrected chi connectivity index (χ2v) is 6.96. The number of anilines is 2. The molecule has 0 aliphatic rings. The van der Waals surface area contributed by atoms with Crippen LogP contribution in [-0.2, 0) is 19.6 Å². The molecule has 10 heteroatoms. The number of hydrogen-bond acceptors (Lipinski definition) is 7. The van der Waals surface area contributed by atoms with Crippen LogP contribution in [0.25, 0.3) is 0 Å². The Balaban J connectivity index is 2.20. The number of benzene rings is 2. The quantitative estimate of drug-likeness (QED) is 0.271. The van der Waals surface area contributed by atoms with Gasteiger partial charge in [0.2, 0.25) is 0 Å². The minimum Gasteiger partial charge on any atom is -0.462 e. The van der Waals surface area contributed by atoms with Gasteiger partial charge in [-0.1, -0.05) is 18.2 Å². The molecular weight excluding hydrogens is 398 g/mol. The van der Waals surface area contributed by atoms with E-state index < -0.39 is 22.0 Å². The van der Waals surface area contributed by atoms with Crippen LogP contribution in [0.5, 0.6) is 0 Å². The van der Waals surface area contributed by atoms with E-state index in [9.17, 15) is 23.3 Å². The van der Waals surface area contributed by atoms with E-state index in [-0.39, 0.29) is 34.0 Å². The predicted octanol–water partition coefficient (Wildman–Crippen LogP) is 2.57. The summed E-state index contributed by atoms with van der Waals surface area (Å²) in [5, 5.41) is 14.3. The third kappa shape index (κ3) is 5.90. The Labute approximate surface area is 167 Å². The summed E-state index contributed by atoms with van der Waals surface area (Å²) in [6.45, 7) is 1.81. The highest BCUT2D eigenvalue weighted by Crippen LogP contribution is 2.18. The van der Waals surface area contributed by atoms with E-state index >= 15 is 0 Å². The SMILES string of the molecule is CCOC(=O)c1ccccc1NC(=O)/C(C#N)=C\Nc1cccc(S(=O)(=O)O)c1. The lowest BCUT2D eigenvalue weighted by Crippen LogP contribution is -2.17. The Morgan fingerprint density at radius 1 is 1.21 bits per heavy atom. The molecular formula is C19H17N3O6S. The van der Waals surface area contributed by atoms with E-state index in [2.05, 4.69) is 10.6 Å². The Bertz CT molecular complexity index is 1100. The summed E-state index contributed by atoms with van der Waals surface area (Å²) in [5.41, 5.74) is 0.202. The smallest absolute Gasteiger partial charge is 0.340 e. The fourth-order valence-electron chi connectivity index (χ4n) is 2.22. The lowest BCUT2D eigenvalue weighted by atomic mass is 10.1. The van der Waals surface area contributed by atoms with Crippen LogP contribution in [0, 0.1) is 11.3 Å². The number of nitrogens with one attached hydrogen (secondary N) is 2. The number of esters is 1. The van der Waals surface area contributed by atoms with Crippen LogP contribution in [-0.4, -0.2) is 31.5 Å². The molecule has 0 radical (unpaired) electrons. The molecule has 0 aromatic heterocycles. The molecule has 0 unspecified atom stereocenters. The van der Waals surface area contributed by atoms with E-state index in [1.165, 1.54) is 30.3 Å². The molecule has 0 heterocycles. The second kappa shape index (κ2) is 9.50. The zero-order valence-corrected chi connectivity index (χ0v) is 16.1. The van der Waals surface area contributed by atoms with Gasteiger partial charge in [-0.2, -0.15) is 13.7 Å². The van der Waals surface area contributed by atoms with Crippen molar-refractivity contribution in [2.75, 3.05) is 17.2 Å². The van der Waals surface area contributed by atoms with Gasteiger partial charge in [0.15, 0.2) is 0 Å². The third-order valence-electron chi connectivity index (χ3n) is 3.55. The van der Waals surface area contributed by atoms with Crippen LogP contribution >= 0.6 is 0 Å². The standard InChI is InChI=1S/C19H17N3O6S/c1-2-28-19(24)16-8-3-4-9-17(16)22-18(23)13(11-20)12-21-14-6-5-7-15(10-14)29(25,26)27/h3-10,12,21H,2H2,1H3,(H,22,23)(H,25,26,27)/b13-12-. The minimum absolute atomic E-state index is 0.133. The number of para-hydroxylation sites is 1. The van der Waals surface area contributed by atoms with Gasteiger partial charge in [-0.05, 0) is 37.3 Å². The number of rotatable bonds is 7. The molecule has 0 bridgehead atoms. The zero-order chi connectivity index (χ0) is 21.4. The van der Waals surface area contributed by atoms with Crippen LogP contribution in [0.4, 0.5) is 11.4 Å². The van der Waals surface area contributed by atoms with Crippen molar-refractivity contribution in [3.05, 3.63) is 65.9 Å². The summed E-state index contributed by atoms with van der Waals surface area (Å²) in [7, 11) is -4.39. The molecule has 2 rings (SSSR count). The average Bonchev–Trinajstić information content (AvgIpc) is 2.68. The highest BCUT2D eigenvalue weighted by molar-refractivity contribution is 7.85. The molecule has 2 aromatic rings. The van der Waals surface area contributed by atoms with E-state index in [1.54, 1.807) is 25.1 Å². The zero-order valence-electron chi connectivity index (χ0n) is 15.2. The normalized spacial score (nSPS) is 11.3. The lowest BCUT2D eigenvalue weighted by Gasteiger charge is -2.10. The largest absolute Gasteiger partial charge is 0.462 e. The molecule has 2 aromatic carbocycles. The van der Waals surface area contributed by atoms with E-state index in [0.717, 1.165) is 12.3 Å². The summed E-state index contributed by atoms with van der Waals surface area (Å²) in [4.78, 5) is 24.0. The molecule has 0 atom stereocenters. The number of carbonyl (C=O) groups is 2. The lowest BCUT2D eigenvalue weighted by molar-refractivity contribution is -0.112. The maximum Gasteiger partial charge on any atom is 0.340 e. The van der Waals surface area contributed by atoms with Crippen LogP contribution in [0.3, 0.4) is 0 Å². The molecule has 1 amide bonds. The van der Waals surface area contributed by atoms with Crippen molar-refractivity contribution in [3.8, 4) is 6.07 Å². The highest BCUT2D eigenvalue weighted by atomic mass is 32.2. The van der Waals surface area contributed by atoms with E-state index in [4.69, 9.17) is 9.29 Å². The Morgan fingerprint density at radius 2 is 1.93 bits per heavy atom. The molecule has 0 fully saturated rings. The molecule has 0 aliphatic heterocycles. The first-order chi connectivity index (χ1) is 13.8. The summed E-state index contributed by atoms with van der Waals surface area (Å²) in [5.74, 6) is -1.41. The molecule has 0 spiro atoms. The maximum atomic E-state index is 12.4. The van der Waals surface area contributed by atoms with Crippen LogP contribution in [0.1, 0.15) is 17.3 Å². The summed E-state index contributed by atoms with van der Waals surface area (Å²) < 4.78 is 36.4. The highest BCUT2D eigenvalue weighted by Gasteiger charge is 2.16. The molecule has 29 heavy (non-hydrogen) atoms. The summed E-state index contributed by atoms with van der Waals surface area (Å²) >= 11 is 0. The van der Waals surface area contributed by atoms with E-state index in [1.807, 2.05) is 0 Å². The first-order valence-electron chi connectivity index (χ1n) is 8.28. The number of nitrogens with zero attached hydrogens (tertiary/aromatic N) is 1. The maximum absolute atomic E-state index is 12.4. The van der Waals surface area contributed by atoms with Crippen LogP contribution < -0.4 is 10.6 Å². The average molecular weight is 415 g/mol. The number of amides is 1. The minimum atomic E-state index is -4.39. The van der Waals surface area contributed by atoms with Crippen molar-refractivity contribution in [2.45, 2.75) is 11.8 Å². The second-order valence-electron chi connectivity index (χ2n) is 5.54. The van der Waals surface area contributed by atoms with Gasteiger partial charge in [-0.15, -0.1) is 0 Å². The van der Waals surface area contributed by atoms with Gasteiger partial charge in [0, 0.05) is 11.9 Å². The molecule has 9 nitrogen and oxygen atoms in total. The first kappa shape index (κ1) is 21.6. The Kier molecular flexibility index (Phi) is 7.08. The van der Waals surface area contributed by atoms with Gasteiger partial charge in [0.25, 0.3) is 16.0 Å². The van der Waals surface area contributed by atoms with Gasteiger partial charge in [0.05, 0.1) is 22.8 Å². The van der Waals surface area contributed by atoms with Gasteiger partial charge < -0.3 is 15.4 Å². The van der Waals surface area contributed by atoms with Crippen LogP contribution in [0.2, 0.25) is 0 Å².